The van der Waals surface area contributed by atoms with Gasteiger partial charge in [-0.3, -0.25) is 0 Å². The van der Waals surface area contributed by atoms with Crippen molar-refractivity contribution in [3.8, 4) is 0 Å². The first-order valence-electron chi connectivity index (χ1n) is 6.23. The standard InChI is InChI=1S/C12H21N3O/c1-3-13-8-11-9-16-12(14-11)15-7-5-4-6-10(15)2/h9-10,13H,3-8H2,1-2H3. The average molecular weight is 223 g/mol. The zero-order valence-corrected chi connectivity index (χ0v) is 10.2. The number of oxazole rings is 1. The molecule has 1 aromatic heterocycles. The maximum atomic E-state index is 5.55. The SMILES string of the molecule is CCNCc1coc(N2CCCCC2C)n1. The van der Waals surface area contributed by atoms with E-state index in [1.807, 2.05) is 0 Å². The van der Waals surface area contributed by atoms with Crippen molar-refractivity contribution in [1.82, 2.24) is 10.3 Å². The van der Waals surface area contributed by atoms with Gasteiger partial charge in [-0.25, -0.2) is 0 Å². The largest absolute Gasteiger partial charge is 0.432 e. The van der Waals surface area contributed by atoms with Crippen LogP contribution in [0.5, 0.6) is 0 Å². The molecule has 1 fully saturated rings. The molecular formula is C12H21N3O. The number of nitrogens with one attached hydrogen (secondary N) is 1. The van der Waals surface area contributed by atoms with E-state index in [-0.39, 0.29) is 0 Å². The molecule has 2 heterocycles. The lowest BCUT2D eigenvalue weighted by Crippen LogP contribution is -2.37. The predicted molar refractivity (Wildman–Crippen MR) is 64.5 cm³/mol. The van der Waals surface area contributed by atoms with Crippen LogP contribution in [0.3, 0.4) is 0 Å². The van der Waals surface area contributed by atoms with Crippen LogP contribution in [0.25, 0.3) is 0 Å². The summed E-state index contributed by atoms with van der Waals surface area (Å²) in [5.41, 5.74) is 0.995. The van der Waals surface area contributed by atoms with Gasteiger partial charge >= 0.3 is 0 Å². The number of piperidine rings is 1. The summed E-state index contributed by atoms with van der Waals surface area (Å²) in [5, 5.41) is 3.25. The molecule has 1 atom stereocenters. The number of hydrogen-bond acceptors (Lipinski definition) is 4. The topological polar surface area (TPSA) is 41.3 Å². The fourth-order valence-electron chi connectivity index (χ4n) is 2.14. The predicted octanol–water partition coefficient (Wildman–Crippen LogP) is 2.16. The summed E-state index contributed by atoms with van der Waals surface area (Å²) in [5.74, 6) is 0. The van der Waals surface area contributed by atoms with Crippen LogP contribution in [-0.2, 0) is 6.54 Å². The maximum Gasteiger partial charge on any atom is 0.297 e. The first-order chi connectivity index (χ1) is 7.81. The Labute approximate surface area is 97.0 Å². The van der Waals surface area contributed by atoms with Gasteiger partial charge in [-0.05, 0) is 32.7 Å². The molecule has 0 radical (unpaired) electrons. The summed E-state index contributed by atoms with van der Waals surface area (Å²) in [6.45, 7) is 7.16. The lowest BCUT2D eigenvalue weighted by atomic mass is 10.0. The molecule has 0 aliphatic carbocycles. The van der Waals surface area contributed by atoms with Crippen LogP contribution in [0, 0.1) is 0 Å². The van der Waals surface area contributed by atoms with Crippen LogP contribution in [0.15, 0.2) is 10.7 Å². The number of aromatic nitrogens is 1. The highest BCUT2D eigenvalue weighted by Crippen LogP contribution is 2.23. The minimum atomic E-state index is 0.555. The van der Waals surface area contributed by atoms with Crippen LogP contribution < -0.4 is 10.2 Å². The fraction of sp³-hybridized carbons (Fsp3) is 0.750. The molecule has 1 aliphatic rings. The van der Waals surface area contributed by atoms with E-state index >= 15 is 0 Å². The second kappa shape index (κ2) is 5.34. The lowest BCUT2D eigenvalue weighted by molar-refractivity contribution is 0.434. The number of nitrogens with zero attached hydrogens (tertiary/aromatic N) is 2. The third-order valence-electron chi connectivity index (χ3n) is 3.14. The van der Waals surface area contributed by atoms with Crippen molar-refractivity contribution >= 4 is 6.01 Å². The Morgan fingerprint density at radius 2 is 2.44 bits per heavy atom. The number of rotatable bonds is 4. The Morgan fingerprint density at radius 1 is 1.56 bits per heavy atom. The monoisotopic (exact) mass is 223 g/mol. The molecule has 0 spiro atoms. The van der Waals surface area contributed by atoms with Gasteiger partial charge in [0.05, 0.1) is 5.69 Å². The summed E-state index contributed by atoms with van der Waals surface area (Å²) >= 11 is 0. The van der Waals surface area contributed by atoms with E-state index in [0.717, 1.165) is 31.3 Å². The van der Waals surface area contributed by atoms with E-state index in [1.165, 1.54) is 19.3 Å². The molecule has 4 nitrogen and oxygen atoms in total. The van der Waals surface area contributed by atoms with Crippen molar-refractivity contribution in [2.75, 3.05) is 18.0 Å². The van der Waals surface area contributed by atoms with Gasteiger partial charge in [-0.2, -0.15) is 4.98 Å². The molecule has 1 saturated heterocycles. The Morgan fingerprint density at radius 3 is 3.19 bits per heavy atom. The Hall–Kier alpha value is -1.03. The van der Waals surface area contributed by atoms with E-state index in [0.29, 0.717) is 6.04 Å². The molecule has 0 saturated carbocycles. The van der Waals surface area contributed by atoms with Crippen molar-refractivity contribution < 1.29 is 4.42 Å². The van der Waals surface area contributed by atoms with Crippen LogP contribution in [0.4, 0.5) is 6.01 Å². The first kappa shape index (κ1) is 11.5. The molecule has 2 rings (SSSR count). The normalized spacial score (nSPS) is 21.4. The fourth-order valence-corrected chi connectivity index (χ4v) is 2.14. The maximum absolute atomic E-state index is 5.55. The Bertz CT molecular complexity index is 324. The van der Waals surface area contributed by atoms with Gasteiger partial charge in [0, 0.05) is 19.1 Å². The molecule has 90 valence electrons. The minimum Gasteiger partial charge on any atom is -0.432 e. The van der Waals surface area contributed by atoms with Crippen molar-refractivity contribution in [2.24, 2.45) is 0 Å². The molecular weight excluding hydrogens is 202 g/mol. The third kappa shape index (κ3) is 2.55. The van der Waals surface area contributed by atoms with E-state index in [9.17, 15) is 0 Å². The molecule has 16 heavy (non-hydrogen) atoms. The summed E-state index contributed by atoms with van der Waals surface area (Å²) in [6, 6.07) is 1.35. The highest BCUT2D eigenvalue weighted by Gasteiger charge is 2.22. The van der Waals surface area contributed by atoms with Gasteiger partial charge in [-0.15, -0.1) is 0 Å². The lowest BCUT2D eigenvalue weighted by Gasteiger charge is -2.31. The van der Waals surface area contributed by atoms with Crippen LogP contribution in [-0.4, -0.2) is 24.1 Å². The number of hydrogen-bond donors (Lipinski definition) is 1. The summed E-state index contributed by atoms with van der Waals surface area (Å²) in [4.78, 5) is 6.80. The van der Waals surface area contributed by atoms with Crippen LogP contribution in [0.1, 0.15) is 38.8 Å². The summed E-state index contributed by atoms with van der Waals surface area (Å²) in [7, 11) is 0. The highest BCUT2D eigenvalue weighted by atomic mass is 16.4. The molecule has 1 aliphatic heterocycles. The molecule has 4 heteroatoms. The van der Waals surface area contributed by atoms with Crippen LogP contribution >= 0.6 is 0 Å². The highest BCUT2D eigenvalue weighted by molar-refractivity contribution is 5.29. The molecule has 0 amide bonds. The Balaban J connectivity index is 1.99. The van der Waals surface area contributed by atoms with Gasteiger partial charge in [-0.1, -0.05) is 6.92 Å². The van der Waals surface area contributed by atoms with E-state index in [4.69, 9.17) is 4.42 Å². The van der Waals surface area contributed by atoms with Crippen molar-refractivity contribution in [2.45, 2.75) is 45.7 Å². The van der Waals surface area contributed by atoms with E-state index in [2.05, 4.69) is 29.0 Å². The van der Waals surface area contributed by atoms with Gasteiger partial charge < -0.3 is 14.6 Å². The van der Waals surface area contributed by atoms with Gasteiger partial charge in [0.1, 0.15) is 6.26 Å². The first-order valence-corrected chi connectivity index (χ1v) is 6.23. The zero-order valence-electron chi connectivity index (χ0n) is 10.2. The molecule has 0 aromatic carbocycles. The Kier molecular flexibility index (Phi) is 3.83. The van der Waals surface area contributed by atoms with Crippen molar-refractivity contribution in [3.63, 3.8) is 0 Å². The number of anilines is 1. The molecule has 1 aromatic rings. The second-order valence-electron chi connectivity index (χ2n) is 4.44. The molecule has 1 N–H and O–H groups in total. The van der Waals surface area contributed by atoms with Gasteiger partial charge in [0.2, 0.25) is 0 Å². The van der Waals surface area contributed by atoms with Crippen molar-refractivity contribution in [1.29, 1.82) is 0 Å². The smallest absolute Gasteiger partial charge is 0.297 e. The quantitative estimate of drug-likeness (QED) is 0.849. The summed E-state index contributed by atoms with van der Waals surface area (Å²) in [6.07, 6.45) is 5.57. The van der Waals surface area contributed by atoms with Gasteiger partial charge in [0.15, 0.2) is 0 Å². The average Bonchev–Trinajstić information content (AvgIpc) is 2.75. The molecule has 0 bridgehead atoms. The molecule has 1 unspecified atom stereocenters. The minimum absolute atomic E-state index is 0.555. The van der Waals surface area contributed by atoms with E-state index in [1.54, 1.807) is 6.26 Å². The second-order valence-corrected chi connectivity index (χ2v) is 4.44. The van der Waals surface area contributed by atoms with Gasteiger partial charge in [0.25, 0.3) is 6.01 Å². The zero-order chi connectivity index (χ0) is 11.4. The summed E-state index contributed by atoms with van der Waals surface area (Å²) < 4.78 is 5.55. The van der Waals surface area contributed by atoms with Crippen molar-refractivity contribution in [3.05, 3.63) is 12.0 Å². The van der Waals surface area contributed by atoms with Crippen LogP contribution in [0.2, 0.25) is 0 Å². The third-order valence-corrected chi connectivity index (χ3v) is 3.14. The van der Waals surface area contributed by atoms with E-state index < -0.39 is 0 Å².